The number of esters is 1. The number of imidazole rings is 1. The molecular formula is C24H33N5O3. The van der Waals surface area contributed by atoms with Crippen molar-refractivity contribution in [1.29, 1.82) is 0 Å². The lowest BCUT2D eigenvalue weighted by molar-refractivity contribution is -0.163. The van der Waals surface area contributed by atoms with Crippen molar-refractivity contribution in [3.63, 3.8) is 0 Å². The van der Waals surface area contributed by atoms with Crippen LogP contribution in [0.3, 0.4) is 0 Å². The second-order valence-corrected chi connectivity index (χ2v) is 10.4. The topological polar surface area (TPSA) is 112 Å². The van der Waals surface area contributed by atoms with Crippen molar-refractivity contribution in [3.8, 4) is 0 Å². The van der Waals surface area contributed by atoms with Crippen LogP contribution in [0, 0.1) is 22.7 Å². The van der Waals surface area contributed by atoms with Gasteiger partial charge in [-0.05, 0) is 61.5 Å². The molecule has 0 aromatic carbocycles. The van der Waals surface area contributed by atoms with E-state index in [0.29, 0.717) is 24.6 Å². The summed E-state index contributed by atoms with van der Waals surface area (Å²) < 4.78 is 6.82. The van der Waals surface area contributed by atoms with E-state index in [1.807, 2.05) is 18.3 Å². The van der Waals surface area contributed by atoms with E-state index in [1.165, 1.54) is 20.0 Å². The smallest absolute Gasteiger partial charge is 0.321 e. The zero-order valence-electron chi connectivity index (χ0n) is 19.0. The number of carbonyl (C=O) groups excluding carboxylic acids is 2. The van der Waals surface area contributed by atoms with Gasteiger partial charge in [-0.15, -0.1) is 0 Å². The van der Waals surface area contributed by atoms with Gasteiger partial charge in [0.2, 0.25) is 5.91 Å². The Hall–Kier alpha value is -2.48. The van der Waals surface area contributed by atoms with Crippen LogP contribution in [0.1, 0.15) is 69.3 Å². The zero-order chi connectivity index (χ0) is 22.5. The van der Waals surface area contributed by atoms with Crippen LogP contribution in [0.15, 0.2) is 18.3 Å². The van der Waals surface area contributed by atoms with Crippen LogP contribution in [0.5, 0.6) is 0 Å². The van der Waals surface area contributed by atoms with E-state index in [4.69, 9.17) is 20.6 Å². The van der Waals surface area contributed by atoms with Crippen molar-refractivity contribution in [2.24, 2.45) is 28.4 Å². The lowest BCUT2D eigenvalue weighted by Gasteiger charge is -2.37. The van der Waals surface area contributed by atoms with E-state index >= 15 is 0 Å². The maximum Gasteiger partial charge on any atom is 0.321 e. The van der Waals surface area contributed by atoms with E-state index in [1.54, 1.807) is 4.52 Å². The predicted molar refractivity (Wildman–Crippen MR) is 118 cm³/mol. The van der Waals surface area contributed by atoms with Gasteiger partial charge in [0, 0.05) is 13.0 Å². The van der Waals surface area contributed by atoms with Gasteiger partial charge < -0.3 is 15.8 Å². The SMILES string of the molecule is COC(=O)[C@@]1(Cc2ccc3nc([C@@H](N)C4CCC(C)CC4)cn3n2)CC2(CC2)CNC1=O. The van der Waals surface area contributed by atoms with Crippen molar-refractivity contribution in [3.05, 3.63) is 29.7 Å². The van der Waals surface area contributed by atoms with Gasteiger partial charge in [-0.2, -0.15) is 5.10 Å². The maximum atomic E-state index is 12.9. The molecule has 3 aliphatic rings. The highest BCUT2D eigenvalue weighted by atomic mass is 16.5. The number of hydrogen-bond acceptors (Lipinski definition) is 6. The number of hydrogen-bond donors (Lipinski definition) is 2. The van der Waals surface area contributed by atoms with E-state index < -0.39 is 11.4 Å². The van der Waals surface area contributed by atoms with Crippen LogP contribution >= 0.6 is 0 Å². The monoisotopic (exact) mass is 439 g/mol. The van der Waals surface area contributed by atoms with Crippen molar-refractivity contribution in [2.45, 2.75) is 64.3 Å². The van der Waals surface area contributed by atoms with E-state index in [0.717, 1.165) is 42.9 Å². The third-order valence-corrected chi connectivity index (χ3v) is 8.06. The molecule has 2 atom stereocenters. The van der Waals surface area contributed by atoms with Crippen LogP contribution in [0.4, 0.5) is 0 Å². The molecule has 1 aliphatic heterocycles. The van der Waals surface area contributed by atoms with Crippen LogP contribution in [0.2, 0.25) is 0 Å². The Kier molecular flexibility index (Phi) is 5.23. The molecule has 1 amide bonds. The summed E-state index contributed by atoms with van der Waals surface area (Å²) in [6, 6.07) is 3.64. The lowest BCUT2D eigenvalue weighted by atomic mass is 9.71. The first-order valence-corrected chi connectivity index (χ1v) is 11.8. The van der Waals surface area contributed by atoms with Gasteiger partial charge in [-0.25, -0.2) is 9.50 Å². The summed E-state index contributed by atoms with van der Waals surface area (Å²) in [5.41, 5.74) is 7.62. The molecule has 0 unspecified atom stereocenters. The van der Waals surface area contributed by atoms with Gasteiger partial charge in [0.05, 0.1) is 30.7 Å². The second-order valence-electron chi connectivity index (χ2n) is 10.4. The lowest BCUT2D eigenvalue weighted by Crippen LogP contribution is -2.56. The van der Waals surface area contributed by atoms with Crippen molar-refractivity contribution in [1.82, 2.24) is 19.9 Å². The molecule has 32 heavy (non-hydrogen) atoms. The average Bonchev–Trinajstić information content (AvgIpc) is 3.41. The molecule has 172 valence electrons. The fourth-order valence-corrected chi connectivity index (χ4v) is 5.72. The average molecular weight is 440 g/mol. The molecular weight excluding hydrogens is 406 g/mol. The Morgan fingerprint density at radius 3 is 2.75 bits per heavy atom. The molecule has 2 aromatic heterocycles. The number of aromatic nitrogens is 3. The first kappa shape index (κ1) is 21.4. The van der Waals surface area contributed by atoms with E-state index in [9.17, 15) is 9.59 Å². The van der Waals surface area contributed by atoms with Gasteiger partial charge in [-0.3, -0.25) is 9.59 Å². The fourth-order valence-electron chi connectivity index (χ4n) is 5.72. The van der Waals surface area contributed by atoms with Crippen LogP contribution in [-0.4, -0.2) is 40.1 Å². The molecule has 2 aromatic rings. The molecule has 0 bridgehead atoms. The Balaban J connectivity index is 1.40. The summed E-state index contributed by atoms with van der Waals surface area (Å²) in [6.07, 6.45) is 9.38. The Morgan fingerprint density at radius 2 is 2.06 bits per heavy atom. The summed E-state index contributed by atoms with van der Waals surface area (Å²) in [4.78, 5) is 30.5. The fraction of sp³-hybridized carbons (Fsp3) is 0.667. The standard InChI is InChI=1S/C24H33N5O3/c1-15-3-5-16(6-4-15)20(25)18-12-29-19(27-18)8-7-17(28-29)11-24(22(31)32-2)13-23(9-10-23)14-26-21(24)30/h7-8,12,15-16,20H,3-6,9-11,13-14,25H2,1-2H3,(H,26,30)/t15?,16?,20-,24-/m0/s1. The molecule has 0 radical (unpaired) electrons. The first-order valence-electron chi connectivity index (χ1n) is 11.8. The number of amides is 1. The van der Waals surface area contributed by atoms with Crippen LogP contribution in [0.25, 0.3) is 5.65 Å². The number of piperidine rings is 1. The van der Waals surface area contributed by atoms with E-state index in [-0.39, 0.29) is 23.8 Å². The summed E-state index contributed by atoms with van der Waals surface area (Å²) >= 11 is 0. The number of nitrogens with two attached hydrogens (primary N) is 1. The van der Waals surface area contributed by atoms with Gasteiger partial charge in [0.1, 0.15) is 0 Å². The maximum absolute atomic E-state index is 12.9. The highest BCUT2D eigenvalue weighted by molar-refractivity contribution is 6.03. The Labute approximate surface area is 188 Å². The van der Waals surface area contributed by atoms with Gasteiger partial charge >= 0.3 is 5.97 Å². The van der Waals surface area contributed by atoms with Gasteiger partial charge in [0.15, 0.2) is 11.1 Å². The number of methoxy groups -OCH3 is 1. The highest BCUT2D eigenvalue weighted by Crippen LogP contribution is 2.56. The summed E-state index contributed by atoms with van der Waals surface area (Å²) in [5.74, 6) is 0.475. The molecule has 3 N–H and O–H groups in total. The largest absolute Gasteiger partial charge is 0.468 e. The van der Waals surface area contributed by atoms with Crippen molar-refractivity contribution >= 4 is 17.5 Å². The number of nitrogens with one attached hydrogen (secondary N) is 1. The molecule has 1 saturated heterocycles. The third kappa shape index (κ3) is 3.68. The Bertz CT molecular complexity index is 1030. The normalized spacial score (nSPS) is 30.2. The predicted octanol–water partition coefficient (Wildman–Crippen LogP) is 2.56. The minimum absolute atomic E-state index is 0.0264. The minimum atomic E-state index is -1.23. The number of nitrogens with zero attached hydrogens (tertiary/aromatic N) is 3. The molecule has 8 nitrogen and oxygen atoms in total. The summed E-state index contributed by atoms with van der Waals surface area (Å²) in [6.45, 7) is 2.94. The molecule has 3 heterocycles. The highest BCUT2D eigenvalue weighted by Gasteiger charge is 2.60. The van der Waals surface area contributed by atoms with Gasteiger partial charge in [-0.1, -0.05) is 19.8 Å². The first-order chi connectivity index (χ1) is 15.3. The van der Waals surface area contributed by atoms with Crippen molar-refractivity contribution in [2.75, 3.05) is 13.7 Å². The number of rotatable bonds is 5. The quantitative estimate of drug-likeness (QED) is 0.547. The van der Waals surface area contributed by atoms with E-state index in [2.05, 4.69) is 12.2 Å². The number of fused-ring (bicyclic) bond motifs is 1. The molecule has 3 fully saturated rings. The summed E-state index contributed by atoms with van der Waals surface area (Å²) in [5, 5.41) is 7.66. The zero-order valence-corrected chi connectivity index (χ0v) is 19.0. The molecule has 8 heteroatoms. The van der Waals surface area contributed by atoms with Crippen LogP contribution in [-0.2, 0) is 20.7 Å². The molecule has 2 saturated carbocycles. The number of ether oxygens (including phenoxy) is 1. The summed E-state index contributed by atoms with van der Waals surface area (Å²) in [7, 11) is 1.34. The molecule has 2 aliphatic carbocycles. The third-order valence-electron chi connectivity index (χ3n) is 8.06. The Morgan fingerprint density at radius 1 is 1.31 bits per heavy atom. The molecule has 1 spiro atoms. The van der Waals surface area contributed by atoms with Gasteiger partial charge in [0.25, 0.3) is 0 Å². The van der Waals surface area contributed by atoms with Crippen molar-refractivity contribution < 1.29 is 14.3 Å². The minimum Gasteiger partial charge on any atom is -0.468 e. The van der Waals surface area contributed by atoms with Crippen LogP contribution < -0.4 is 11.1 Å². The molecule has 5 rings (SSSR count). The number of carbonyl (C=O) groups is 2. The second kappa shape index (κ2) is 7.83.